The molecule has 0 spiro atoms. The number of nitrogens with one attached hydrogen (secondary N) is 1. The van der Waals surface area contributed by atoms with Crippen molar-refractivity contribution in [2.24, 2.45) is 23.2 Å². The molecule has 106 valence electrons. The molecule has 1 nitrogen and oxygen atoms in total. The highest BCUT2D eigenvalue weighted by molar-refractivity contribution is 4.89. The Morgan fingerprint density at radius 2 is 1.89 bits per heavy atom. The first-order chi connectivity index (χ1) is 8.34. The number of hydrogen-bond acceptors (Lipinski definition) is 1. The van der Waals surface area contributed by atoms with Gasteiger partial charge in [0, 0.05) is 6.04 Å². The van der Waals surface area contributed by atoms with E-state index >= 15 is 0 Å². The van der Waals surface area contributed by atoms with E-state index in [1.165, 1.54) is 32.2 Å². The molecule has 0 aliphatic heterocycles. The van der Waals surface area contributed by atoms with Gasteiger partial charge in [-0.2, -0.15) is 0 Å². The van der Waals surface area contributed by atoms with E-state index in [9.17, 15) is 0 Å². The van der Waals surface area contributed by atoms with Gasteiger partial charge in [-0.3, -0.25) is 0 Å². The van der Waals surface area contributed by atoms with E-state index in [1.54, 1.807) is 0 Å². The summed E-state index contributed by atoms with van der Waals surface area (Å²) in [6.45, 7) is 16.8. The van der Waals surface area contributed by atoms with Crippen LogP contribution in [0.25, 0.3) is 0 Å². The fraction of sp³-hybridized carbons (Fsp3) is 0.882. The minimum Gasteiger partial charge on any atom is -0.314 e. The Morgan fingerprint density at radius 1 is 1.22 bits per heavy atom. The second-order valence-corrected chi connectivity index (χ2v) is 7.48. The monoisotopic (exact) mass is 251 g/mol. The number of rotatable bonds is 5. The molecule has 3 atom stereocenters. The number of allylic oxidation sites excluding steroid dienone is 1. The largest absolute Gasteiger partial charge is 0.314 e. The topological polar surface area (TPSA) is 12.0 Å². The van der Waals surface area contributed by atoms with Gasteiger partial charge < -0.3 is 5.32 Å². The normalized spacial score (nSPS) is 29.6. The van der Waals surface area contributed by atoms with Crippen LogP contribution in [-0.2, 0) is 0 Å². The molecule has 0 aromatic carbocycles. The summed E-state index contributed by atoms with van der Waals surface area (Å²) in [6.07, 6.45) is 7.50. The maximum absolute atomic E-state index is 3.95. The van der Waals surface area contributed by atoms with Crippen LogP contribution in [0.3, 0.4) is 0 Å². The maximum atomic E-state index is 3.95. The Labute approximate surface area is 114 Å². The molecule has 0 heterocycles. The van der Waals surface area contributed by atoms with Gasteiger partial charge in [0.05, 0.1) is 0 Å². The van der Waals surface area contributed by atoms with E-state index in [-0.39, 0.29) is 0 Å². The van der Waals surface area contributed by atoms with Crippen molar-refractivity contribution in [3.63, 3.8) is 0 Å². The van der Waals surface area contributed by atoms with Crippen molar-refractivity contribution >= 4 is 0 Å². The molecule has 3 unspecified atom stereocenters. The minimum absolute atomic E-state index is 0.468. The zero-order valence-corrected chi connectivity index (χ0v) is 13.1. The van der Waals surface area contributed by atoms with E-state index in [0.29, 0.717) is 11.5 Å². The molecule has 1 fully saturated rings. The van der Waals surface area contributed by atoms with Crippen LogP contribution in [0.4, 0.5) is 0 Å². The van der Waals surface area contributed by atoms with Crippen LogP contribution in [0.1, 0.15) is 60.3 Å². The predicted octanol–water partition coefficient (Wildman–Crippen LogP) is 4.64. The summed E-state index contributed by atoms with van der Waals surface area (Å²) in [4.78, 5) is 0. The van der Waals surface area contributed by atoms with Gasteiger partial charge in [0.25, 0.3) is 0 Å². The van der Waals surface area contributed by atoms with Crippen LogP contribution in [0.15, 0.2) is 12.7 Å². The first-order valence-electron chi connectivity index (χ1n) is 7.68. The zero-order valence-electron chi connectivity index (χ0n) is 13.1. The first-order valence-corrected chi connectivity index (χ1v) is 7.68. The van der Waals surface area contributed by atoms with E-state index in [2.05, 4.69) is 52.6 Å². The Hall–Kier alpha value is -0.300. The van der Waals surface area contributed by atoms with Crippen molar-refractivity contribution < 1.29 is 0 Å². The molecule has 0 radical (unpaired) electrons. The Bertz CT molecular complexity index is 249. The van der Waals surface area contributed by atoms with Gasteiger partial charge >= 0.3 is 0 Å². The maximum Gasteiger partial charge on any atom is 0.00104 e. The summed E-state index contributed by atoms with van der Waals surface area (Å²) in [7, 11) is 0. The predicted molar refractivity (Wildman–Crippen MR) is 81.7 cm³/mol. The lowest BCUT2D eigenvalue weighted by Gasteiger charge is -2.42. The summed E-state index contributed by atoms with van der Waals surface area (Å²) in [5.74, 6) is 2.58. The second-order valence-electron chi connectivity index (χ2n) is 7.48. The standard InChI is InChI=1S/C17H33N/c1-7-8-14-11-16(17(4,5)6)10-9-15(14)12-18-13(2)3/h7,13-16,18H,1,8-12H2,2-6H3. The Kier molecular flexibility index (Phi) is 5.91. The van der Waals surface area contributed by atoms with Gasteiger partial charge in [0.2, 0.25) is 0 Å². The summed E-state index contributed by atoms with van der Waals surface area (Å²) < 4.78 is 0. The third kappa shape index (κ3) is 4.76. The molecule has 1 aliphatic carbocycles. The van der Waals surface area contributed by atoms with Crippen molar-refractivity contribution in [1.82, 2.24) is 5.32 Å². The van der Waals surface area contributed by atoms with Gasteiger partial charge in [-0.05, 0) is 55.4 Å². The van der Waals surface area contributed by atoms with Crippen molar-refractivity contribution in [2.45, 2.75) is 66.3 Å². The Morgan fingerprint density at radius 3 is 2.39 bits per heavy atom. The summed E-state index contributed by atoms with van der Waals surface area (Å²) in [6, 6.07) is 0.606. The molecular weight excluding hydrogens is 218 g/mol. The van der Waals surface area contributed by atoms with Gasteiger partial charge in [-0.25, -0.2) is 0 Å². The van der Waals surface area contributed by atoms with Crippen LogP contribution >= 0.6 is 0 Å². The smallest absolute Gasteiger partial charge is 0.00104 e. The molecule has 0 saturated heterocycles. The van der Waals surface area contributed by atoms with Crippen molar-refractivity contribution in [3.8, 4) is 0 Å². The van der Waals surface area contributed by atoms with Gasteiger partial charge in [0.15, 0.2) is 0 Å². The van der Waals surface area contributed by atoms with Gasteiger partial charge in [0.1, 0.15) is 0 Å². The molecular formula is C17H33N. The minimum atomic E-state index is 0.468. The molecule has 1 aliphatic rings. The van der Waals surface area contributed by atoms with Crippen molar-refractivity contribution in [3.05, 3.63) is 12.7 Å². The van der Waals surface area contributed by atoms with Crippen LogP contribution in [0.2, 0.25) is 0 Å². The molecule has 0 aromatic rings. The fourth-order valence-corrected chi connectivity index (χ4v) is 3.27. The molecule has 1 saturated carbocycles. The second kappa shape index (κ2) is 6.75. The molecule has 0 amide bonds. The van der Waals surface area contributed by atoms with Crippen molar-refractivity contribution in [2.75, 3.05) is 6.54 Å². The summed E-state index contributed by atoms with van der Waals surface area (Å²) >= 11 is 0. The lowest BCUT2D eigenvalue weighted by atomic mass is 9.65. The molecule has 1 rings (SSSR count). The highest BCUT2D eigenvalue weighted by Gasteiger charge is 2.34. The van der Waals surface area contributed by atoms with Crippen LogP contribution in [0.5, 0.6) is 0 Å². The van der Waals surface area contributed by atoms with E-state index in [1.807, 2.05) is 0 Å². The lowest BCUT2D eigenvalue weighted by molar-refractivity contribution is 0.0975. The highest BCUT2D eigenvalue weighted by Crippen LogP contribution is 2.43. The van der Waals surface area contributed by atoms with Gasteiger partial charge in [-0.15, -0.1) is 6.58 Å². The van der Waals surface area contributed by atoms with Crippen LogP contribution < -0.4 is 5.32 Å². The van der Waals surface area contributed by atoms with Gasteiger partial charge in [-0.1, -0.05) is 40.7 Å². The Balaban J connectivity index is 2.57. The third-order valence-electron chi connectivity index (χ3n) is 4.62. The molecule has 0 bridgehead atoms. The molecule has 1 N–H and O–H groups in total. The number of hydrogen-bond donors (Lipinski definition) is 1. The molecule has 1 heteroatoms. The summed E-state index contributed by atoms with van der Waals surface area (Å²) in [5, 5.41) is 3.62. The quantitative estimate of drug-likeness (QED) is 0.702. The van der Waals surface area contributed by atoms with Crippen LogP contribution in [-0.4, -0.2) is 12.6 Å². The zero-order chi connectivity index (χ0) is 13.8. The van der Waals surface area contributed by atoms with E-state index in [0.717, 1.165) is 17.8 Å². The first kappa shape index (κ1) is 15.8. The summed E-state index contributed by atoms with van der Waals surface area (Å²) in [5.41, 5.74) is 0.468. The fourth-order valence-electron chi connectivity index (χ4n) is 3.27. The van der Waals surface area contributed by atoms with Crippen LogP contribution in [0, 0.1) is 23.2 Å². The highest BCUT2D eigenvalue weighted by atomic mass is 14.9. The third-order valence-corrected chi connectivity index (χ3v) is 4.62. The van der Waals surface area contributed by atoms with E-state index < -0.39 is 0 Å². The average Bonchev–Trinajstić information content (AvgIpc) is 2.26. The van der Waals surface area contributed by atoms with E-state index in [4.69, 9.17) is 0 Å². The lowest BCUT2D eigenvalue weighted by Crippen LogP contribution is -2.38. The van der Waals surface area contributed by atoms with Crippen molar-refractivity contribution in [1.29, 1.82) is 0 Å². The molecule has 0 aromatic heterocycles. The molecule has 18 heavy (non-hydrogen) atoms. The SMILES string of the molecule is C=CCC1CC(C(C)(C)C)CCC1CNC(C)C. The average molecular weight is 251 g/mol.